The van der Waals surface area contributed by atoms with Crippen molar-refractivity contribution in [1.82, 2.24) is 5.32 Å². The minimum atomic E-state index is -0.918. The Morgan fingerprint density at radius 3 is 2.63 bits per heavy atom. The highest BCUT2D eigenvalue weighted by Gasteiger charge is 2.38. The highest BCUT2D eigenvalue weighted by atomic mass is 16.5. The average molecular weight is 262 g/mol. The quantitative estimate of drug-likeness (QED) is 0.658. The number of carbonyl (C=O) groups is 3. The molecule has 0 aromatic heterocycles. The van der Waals surface area contributed by atoms with Crippen molar-refractivity contribution >= 4 is 23.5 Å². The Hall–Kier alpha value is -2.37. The predicted octanol–water partition coefficient (Wildman–Crippen LogP) is 1.45. The van der Waals surface area contributed by atoms with Gasteiger partial charge >= 0.3 is 17.8 Å². The van der Waals surface area contributed by atoms with Gasteiger partial charge in [-0.1, -0.05) is 13.0 Å². The first kappa shape index (κ1) is 13.1. The van der Waals surface area contributed by atoms with Crippen LogP contribution in [0, 0.1) is 0 Å². The lowest BCUT2D eigenvalue weighted by molar-refractivity contribution is -0.134. The van der Waals surface area contributed by atoms with E-state index >= 15 is 0 Å². The number of nitrogens with one attached hydrogen (secondary N) is 1. The van der Waals surface area contributed by atoms with E-state index in [4.69, 9.17) is 4.74 Å². The summed E-state index contributed by atoms with van der Waals surface area (Å²) in [5.74, 6) is -1.25. The van der Waals surface area contributed by atoms with Gasteiger partial charge in [0.15, 0.2) is 0 Å². The lowest BCUT2D eigenvalue weighted by Crippen LogP contribution is -2.30. The number of rotatable bonds is 4. The smallest absolute Gasteiger partial charge is 0.336 e. The van der Waals surface area contributed by atoms with E-state index in [1.165, 1.54) is 0 Å². The molecule has 0 spiro atoms. The van der Waals surface area contributed by atoms with Crippen molar-refractivity contribution in [1.29, 1.82) is 0 Å². The van der Waals surface area contributed by atoms with Gasteiger partial charge in [-0.2, -0.15) is 0 Å². The summed E-state index contributed by atoms with van der Waals surface area (Å²) in [5.41, 5.74) is 0.314. The van der Waals surface area contributed by atoms with E-state index in [-0.39, 0.29) is 6.10 Å². The maximum atomic E-state index is 11.6. The number of anilines is 1. The standard InChI is InChI=1S/C13H14N2O4/c1-3-8(2)19-10-6-4-5-9(7-10)15-12(17)11(16)14-13(15)18/h4-8H,3H2,1-2H3,(H,14,16,18). The zero-order chi connectivity index (χ0) is 14.0. The molecule has 1 heterocycles. The van der Waals surface area contributed by atoms with Crippen LogP contribution in [-0.4, -0.2) is 23.9 Å². The topological polar surface area (TPSA) is 75.7 Å². The monoisotopic (exact) mass is 262 g/mol. The number of nitrogens with zero attached hydrogens (tertiary/aromatic N) is 1. The minimum absolute atomic E-state index is 0.0278. The third kappa shape index (κ3) is 2.57. The number of benzene rings is 1. The van der Waals surface area contributed by atoms with E-state index in [0.29, 0.717) is 11.4 Å². The van der Waals surface area contributed by atoms with Crippen molar-refractivity contribution in [3.63, 3.8) is 0 Å². The van der Waals surface area contributed by atoms with Crippen molar-refractivity contribution in [2.45, 2.75) is 26.4 Å². The van der Waals surface area contributed by atoms with E-state index in [9.17, 15) is 14.4 Å². The normalized spacial score (nSPS) is 16.5. The van der Waals surface area contributed by atoms with Crippen LogP contribution in [0.1, 0.15) is 20.3 Å². The Morgan fingerprint density at radius 1 is 1.32 bits per heavy atom. The lowest BCUT2D eigenvalue weighted by Gasteiger charge is -2.16. The number of hydrogen-bond donors (Lipinski definition) is 1. The second-order valence-electron chi connectivity index (χ2n) is 4.23. The van der Waals surface area contributed by atoms with Crippen LogP contribution in [0.4, 0.5) is 10.5 Å². The maximum absolute atomic E-state index is 11.6. The van der Waals surface area contributed by atoms with E-state index in [0.717, 1.165) is 11.3 Å². The first-order valence-corrected chi connectivity index (χ1v) is 5.99. The fourth-order valence-corrected chi connectivity index (χ4v) is 1.65. The predicted molar refractivity (Wildman–Crippen MR) is 67.8 cm³/mol. The van der Waals surface area contributed by atoms with Crippen LogP contribution in [0.3, 0.4) is 0 Å². The van der Waals surface area contributed by atoms with Crippen molar-refractivity contribution < 1.29 is 19.1 Å². The Labute approximate surface area is 110 Å². The fourth-order valence-electron chi connectivity index (χ4n) is 1.65. The summed E-state index contributed by atoms with van der Waals surface area (Å²) in [4.78, 5) is 35.0. The van der Waals surface area contributed by atoms with Crippen molar-refractivity contribution in [3.05, 3.63) is 24.3 Å². The van der Waals surface area contributed by atoms with Crippen molar-refractivity contribution in [2.24, 2.45) is 0 Å². The van der Waals surface area contributed by atoms with Gasteiger partial charge in [-0.05, 0) is 25.5 Å². The maximum Gasteiger partial charge on any atom is 0.336 e. The van der Waals surface area contributed by atoms with Crippen LogP contribution < -0.4 is 15.0 Å². The second-order valence-corrected chi connectivity index (χ2v) is 4.23. The molecule has 2 rings (SSSR count). The molecule has 1 N–H and O–H groups in total. The van der Waals surface area contributed by atoms with Crippen molar-refractivity contribution in [3.8, 4) is 5.75 Å². The Balaban J connectivity index is 2.26. The number of carbonyl (C=O) groups excluding carboxylic acids is 3. The molecule has 0 saturated carbocycles. The van der Waals surface area contributed by atoms with E-state index in [1.807, 2.05) is 19.2 Å². The summed E-state index contributed by atoms with van der Waals surface area (Å²) in [7, 11) is 0. The zero-order valence-electron chi connectivity index (χ0n) is 10.7. The molecule has 1 saturated heterocycles. The average Bonchev–Trinajstić information content (AvgIpc) is 2.63. The lowest BCUT2D eigenvalue weighted by atomic mass is 10.2. The molecule has 1 unspecified atom stereocenters. The van der Waals surface area contributed by atoms with Crippen LogP contribution in [0.5, 0.6) is 5.75 Å². The molecule has 1 aliphatic rings. The molecule has 0 aliphatic carbocycles. The van der Waals surface area contributed by atoms with Crippen LogP contribution in [0.25, 0.3) is 0 Å². The molecule has 1 fully saturated rings. The Morgan fingerprint density at radius 2 is 2.05 bits per heavy atom. The Bertz CT molecular complexity index is 541. The van der Waals surface area contributed by atoms with Gasteiger partial charge in [-0.25, -0.2) is 9.69 Å². The number of imide groups is 2. The van der Waals surface area contributed by atoms with E-state index in [1.54, 1.807) is 24.3 Å². The number of hydrogen-bond acceptors (Lipinski definition) is 4. The summed E-state index contributed by atoms with van der Waals surface area (Å²) in [5, 5.41) is 1.94. The van der Waals surface area contributed by atoms with Gasteiger partial charge in [0, 0.05) is 6.07 Å². The van der Waals surface area contributed by atoms with Gasteiger partial charge in [-0.3, -0.25) is 14.9 Å². The summed E-state index contributed by atoms with van der Waals surface area (Å²) in [6.07, 6.45) is 0.867. The molecule has 0 radical (unpaired) electrons. The minimum Gasteiger partial charge on any atom is -0.491 e. The first-order chi connectivity index (χ1) is 9.02. The van der Waals surface area contributed by atoms with Crippen LogP contribution >= 0.6 is 0 Å². The zero-order valence-corrected chi connectivity index (χ0v) is 10.7. The second kappa shape index (κ2) is 5.09. The molecule has 1 atom stereocenters. The van der Waals surface area contributed by atoms with Gasteiger partial charge in [0.05, 0.1) is 11.8 Å². The highest BCUT2D eigenvalue weighted by molar-refractivity contribution is 6.53. The largest absolute Gasteiger partial charge is 0.491 e. The van der Waals surface area contributed by atoms with Crippen LogP contribution in [0.15, 0.2) is 24.3 Å². The third-order valence-electron chi connectivity index (χ3n) is 2.81. The van der Waals surface area contributed by atoms with Gasteiger partial charge in [0.25, 0.3) is 0 Å². The molecule has 1 aromatic carbocycles. The molecule has 0 bridgehead atoms. The van der Waals surface area contributed by atoms with Gasteiger partial charge in [0.2, 0.25) is 0 Å². The summed E-state index contributed by atoms with van der Waals surface area (Å²) < 4.78 is 5.61. The summed E-state index contributed by atoms with van der Waals surface area (Å²) in [6, 6.07) is 5.78. The molecule has 100 valence electrons. The SMILES string of the molecule is CCC(C)Oc1cccc(N2C(=O)NC(=O)C2=O)c1. The number of amides is 4. The number of ether oxygens (including phenoxy) is 1. The van der Waals surface area contributed by atoms with Gasteiger partial charge in [-0.15, -0.1) is 0 Å². The molecule has 19 heavy (non-hydrogen) atoms. The molecular weight excluding hydrogens is 248 g/mol. The van der Waals surface area contributed by atoms with Gasteiger partial charge in [0.1, 0.15) is 5.75 Å². The number of urea groups is 1. The third-order valence-corrected chi connectivity index (χ3v) is 2.81. The first-order valence-electron chi connectivity index (χ1n) is 5.99. The molecular formula is C13H14N2O4. The van der Waals surface area contributed by atoms with Crippen molar-refractivity contribution in [2.75, 3.05) is 4.90 Å². The van der Waals surface area contributed by atoms with Crippen LogP contribution in [-0.2, 0) is 9.59 Å². The molecule has 6 nitrogen and oxygen atoms in total. The highest BCUT2D eigenvalue weighted by Crippen LogP contribution is 2.24. The van der Waals surface area contributed by atoms with Crippen LogP contribution in [0.2, 0.25) is 0 Å². The fraction of sp³-hybridized carbons (Fsp3) is 0.308. The molecule has 1 aromatic rings. The van der Waals surface area contributed by atoms with Gasteiger partial charge < -0.3 is 4.74 Å². The molecule has 4 amide bonds. The van der Waals surface area contributed by atoms with E-state index in [2.05, 4.69) is 0 Å². The summed E-state index contributed by atoms with van der Waals surface area (Å²) in [6.45, 7) is 3.91. The van der Waals surface area contributed by atoms with E-state index < -0.39 is 17.8 Å². The summed E-state index contributed by atoms with van der Waals surface area (Å²) >= 11 is 0. The Kier molecular flexibility index (Phi) is 3.50. The molecule has 6 heteroatoms. The molecule has 1 aliphatic heterocycles.